The van der Waals surface area contributed by atoms with Crippen LogP contribution in [0.5, 0.6) is 0 Å². The highest BCUT2D eigenvalue weighted by atomic mass is 28.4. The van der Waals surface area contributed by atoms with Crippen molar-refractivity contribution in [2.24, 2.45) is 0 Å². The van der Waals surface area contributed by atoms with Crippen molar-refractivity contribution in [1.29, 1.82) is 0 Å². The van der Waals surface area contributed by atoms with E-state index in [1.165, 1.54) is 4.90 Å². The van der Waals surface area contributed by atoms with Gasteiger partial charge in [-0.1, -0.05) is 51.1 Å². The van der Waals surface area contributed by atoms with Crippen LogP contribution >= 0.6 is 0 Å². The highest BCUT2D eigenvalue weighted by Gasteiger charge is 2.46. The Labute approximate surface area is 221 Å². The molecule has 1 fully saturated rings. The molecule has 1 saturated heterocycles. The van der Waals surface area contributed by atoms with E-state index in [9.17, 15) is 14.4 Å². The number of benzene rings is 2. The van der Waals surface area contributed by atoms with Crippen LogP contribution in [0.15, 0.2) is 48.5 Å². The maximum Gasteiger partial charge on any atom is 0.411 e. The standard InChI is InChI=1S/C29H39N2O5Si/c1-28(2,3)35-27(34)31-18-23(36-37(7,8)29(4,5)6)17-25(31)26(33)30-22-15-14-21(19-32)24(16-22)20-12-10-9-11-13-20/h9-16,23,25H,17-18H2,1-8H3,(H,30,33)/t23?,25-/m0/s1. The van der Waals surface area contributed by atoms with Crippen LogP contribution in [0.2, 0.25) is 18.1 Å². The molecule has 1 N–H and O–H groups in total. The highest BCUT2D eigenvalue weighted by Crippen LogP contribution is 2.39. The number of carbonyl (C=O) groups is 2. The van der Waals surface area contributed by atoms with E-state index in [0.717, 1.165) is 5.56 Å². The maximum atomic E-state index is 13.5. The Kier molecular flexibility index (Phi) is 8.34. The van der Waals surface area contributed by atoms with Gasteiger partial charge in [-0.25, -0.2) is 4.79 Å². The lowest BCUT2D eigenvalue weighted by Gasteiger charge is -2.38. The third-order valence-electron chi connectivity index (χ3n) is 6.94. The molecule has 199 valence electrons. The van der Waals surface area contributed by atoms with Crippen molar-refractivity contribution < 1.29 is 23.5 Å². The van der Waals surface area contributed by atoms with Crippen LogP contribution in [-0.2, 0) is 18.8 Å². The highest BCUT2D eigenvalue weighted by molar-refractivity contribution is 6.74. The molecule has 2 aromatic rings. The average molecular weight is 524 g/mol. The Balaban J connectivity index is 1.86. The quantitative estimate of drug-likeness (QED) is 0.459. The van der Waals surface area contributed by atoms with Crippen molar-refractivity contribution in [1.82, 2.24) is 4.90 Å². The summed E-state index contributed by atoms with van der Waals surface area (Å²) in [7, 11) is -2.12. The van der Waals surface area contributed by atoms with Gasteiger partial charge in [0.1, 0.15) is 11.6 Å². The summed E-state index contributed by atoms with van der Waals surface area (Å²) in [5.74, 6) is -0.325. The smallest absolute Gasteiger partial charge is 0.411 e. The average Bonchev–Trinajstić information content (AvgIpc) is 3.21. The van der Waals surface area contributed by atoms with Crippen molar-refractivity contribution in [3.05, 3.63) is 54.1 Å². The number of hydrogen-bond donors (Lipinski definition) is 1. The Hall–Kier alpha value is -2.97. The molecule has 37 heavy (non-hydrogen) atoms. The van der Waals surface area contributed by atoms with Crippen LogP contribution in [0.25, 0.3) is 11.1 Å². The molecule has 3 rings (SSSR count). The fourth-order valence-corrected chi connectivity index (χ4v) is 5.40. The molecule has 0 aliphatic carbocycles. The van der Waals surface area contributed by atoms with E-state index in [1.54, 1.807) is 39.0 Å². The number of carbonyl (C=O) groups excluding carboxylic acids is 3. The van der Waals surface area contributed by atoms with E-state index in [2.05, 4.69) is 39.2 Å². The van der Waals surface area contributed by atoms with Gasteiger partial charge in [-0.05, 0) is 68.2 Å². The molecule has 0 aromatic heterocycles. The Morgan fingerprint density at radius 3 is 2.24 bits per heavy atom. The predicted octanol–water partition coefficient (Wildman–Crippen LogP) is 6.15. The summed E-state index contributed by atoms with van der Waals surface area (Å²) in [4.78, 5) is 39.6. The van der Waals surface area contributed by atoms with Gasteiger partial charge in [0, 0.05) is 24.2 Å². The topological polar surface area (TPSA) is 84.9 Å². The number of anilines is 1. The SMILES string of the molecule is CC(C)(C)OC(=O)N1CC(O[Si](C)(C)C(C)(C)C)C[C@H]1C(=O)Nc1ccc([C]=O)c(-c2ccccc2)c1. The molecule has 1 radical (unpaired) electrons. The Morgan fingerprint density at radius 2 is 1.68 bits per heavy atom. The first kappa shape index (κ1) is 28.6. The van der Waals surface area contributed by atoms with Gasteiger partial charge < -0.3 is 14.5 Å². The lowest BCUT2D eigenvalue weighted by atomic mass is 9.99. The molecule has 0 saturated carbocycles. The first-order valence-corrected chi connectivity index (χ1v) is 15.6. The fraction of sp³-hybridized carbons (Fsp3) is 0.483. The molecule has 2 amide bonds. The van der Waals surface area contributed by atoms with Gasteiger partial charge >= 0.3 is 6.09 Å². The second-order valence-corrected chi connectivity index (χ2v) is 16.9. The number of nitrogens with zero attached hydrogens (tertiary/aromatic N) is 1. The van der Waals surface area contributed by atoms with E-state index in [0.29, 0.717) is 23.2 Å². The molecular formula is C29H39N2O5Si. The second kappa shape index (κ2) is 10.8. The van der Waals surface area contributed by atoms with Crippen molar-refractivity contribution in [2.45, 2.75) is 83.8 Å². The second-order valence-electron chi connectivity index (χ2n) is 12.1. The van der Waals surface area contributed by atoms with E-state index in [-0.39, 0.29) is 23.6 Å². The van der Waals surface area contributed by atoms with Gasteiger partial charge in [-0.3, -0.25) is 14.5 Å². The molecule has 1 unspecified atom stereocenters. The van der Waals surface area contributed by atoms with Gasteiger partial charge in [-0.15, -0.1) is 0 Å². The van der Waals surface area contributed by atoms with Crippen molar-refractivity contribution in [3.63, 3.8) is 0 Å². The molecule has 0 bridgehead atoms. The lowest BCUT2D eigenvalue weighted by molar-refractivity contribution is -0.120. The zero-order valence-electron chi connectivity index (χ0n) is 23.2. The minimum Gasteiger partial charge on any atom is -0.444 e. The van der Waals surface area contributed by atoms with Crippen LogP contribution in [0.1, 0.15) is 53.5 Å². The minimum absolute atomic E-state index is 0.00468. The summed E-state index contributed by atoms with van der Waals surface area (Å²) in [6.45, 7) is 16.5. The van der Waals surface area contributed by atoms with E-state index in [1.807, 2.05) is 36.6 Å². The lowest BCUT2D eigenvalue weighted by Crippen LogP contribution is -2.46. The molecule has 1 heterocycles. The number of likely N-dealkylation sites (tertiary alicyclic amines) is 1. The van der Waals surface area contributed by atoms with Gasteiger partial charge in [0.05, 0.1) is 6.10 Å². The number of amides is 2. The van der Waals surface area contributed by atoms with Crippen molar-refractivity contribution >= 4 is 32.3 Å². The molecule has 2 aromatic carbocycles. The maximum absolute atomic E-state index is 13.5. The summed E-state index contributed by atoms with van der Waals surface area (Å²) in [5.41, 5.74) is 1.76. The van der Waals surface area contributed by atoms with E-state index in [4.69, 9.17) is 9.16 Å². The van der Waals surface area contributed by atoms with Crippen LogP contribution in [0, 0.1) is 0 Å². The first-order chi connectivity index (χ1) is 17.1. The summed E-state index contributed by atoms with van der Waals surface area (Å²) in [6, 6.07) is 13.8. The van der Waals surface area contributed by atoms with Gasteiger partial charge in [0.15, 0.2) is 8.32 Å². The van der Waals surface area contributed by atoms with Crippen LogP contribution < -0.4 is 5.32 Å². The molecular weight excluding hydrogens is 484 g/mol. The Bertz CT molecular complexity index is 1140. The zero-order valence-corrected chi connectivity index (χ0v) is 24.2. The number of hydrogen-bond acceptors (Lipinski definition) is 5. The normalized spacial score (nSPS) is 18.4. The molecule has 0 spiro atoms. The number of rotatable bonds is 6. The summed E-state index contributed by atoms with van der Waals surface area (Å²) in [5, 5.41) is 2.94. The molecule has 8 heteroatoms. The van der Waals surface area contributed by atoms with Gasteiger partial charge in [-0.2, -0.15) is 0 Å². The first-order valence-electron chi connectivity index (χ1n) is 12.7. The molecule has 7 nitrogen and oxygen atoms in total. The van der Waals surface area contributed by atoms with Crippen LogP contribution in [-0.4, -0.2) is 55.8 Å². The predicted molar refractivity (Wildman–Crippen MR) is 149 cm³/mol. The van der Waals surface area contributed by atoms with Crippen LogP contribution in [0.4, 0.5) is 10.5 Å². The summed E-state index contributed by atoms with van der Waals surface area (Å²) in [6.07, 6.45) is 1.54. The fourth-order valence-electron chi connectivity index (χ4n) is 4.04. The molecule has 1 aliphatic rings. The zero-order chi connectivity index (χ0) is 27.6. The third-order valence-corrected chi connectivity index (χ3v) is 11.5. The Morgan fingerprint density at radius 1 is 1.03 bits per heavy atom. The monoisotopic (exact) mass is 523 g/mol. The molecule has 1 aliphatic heterocycles. The van der Waals surface area contributed by atoms with E-state index >= 15 is 0 Å². The molecule has 2 atom stereocenters. The summed E-state index contributed by atoms with van der Waals surface area (Å²) < 4.78 is 12.2. The summed E-state index contributed by atoms with van der Waals surface area (Å²) >= 11 is 0. The van der Waals surface area contributed by atoms with E-state index < -0.39 is 26.1 Å². The van der Waals surface area contributed by atoms with Gasteiger partial charge in [0.25, 0.3) is 0 Å². The van der Waals surface area contributed by atoms with Crippen molar-refractivity contribution in [3.8, 4) is 11.1 Å². The van der Waals surface area contributed by atoms with Crippen LogP contribution in [0.3, 0.4) is 0 Å². The number of ether oxygens (including phenoxy) is 1. The minimum atomic E-state index is -2.12. The third kappa shape index (κ3) is 7.08. The van der Waals surface area contributed by atoms with Gasteiger partial charge in [0.2, 0.25) is 12.2 Å². The largest absolute Gasteiger partial charge is 0.444 e. The van der Waals surface area contributed by atoms with Crippen molar-refractivity contribution in [2.75, 3.05) is 11.9 Å². The number of nitrogens with one attached hydrogen (secondary N) is 1.